The van der Waals surface area contributed by atoms with Crippen molar-refractivity contribution >= 4 is 29.9 Å². The van der Waals surface area contributed by atoms with Gasteiger partial charge in [0.15, 0.2) is 5.96 Å². The van der Waals surface area contributed by atoms with E-state index in [1.165, 1.54) is 5.56 Å². The SMILES string of the molecule is CN=C(NCCOCCC(C)C)NCC(c1ccc(OC)cc1)N1CCOCC1.I. The molecule has 7 nitrogen and oxygen atoms in total. The second kappa shape index (κ2) is 15.7. The molecule has 0 aliphatic carbocycles. The van der Waals surface area contributed by atoms with Gasteiger partial charge in [-0.3, -0.25) is 9.89 Å². The van der Waals surface area contributed by atoms with Crippen LogP contribution in [0.1, 0.15) is 31.9 Å². The molecule has 0 spiro atoms. The van der Waals surface area contributed by atoms with E-state index in [1.54, 1.807) is 14.2 Å². The molecular weight excluding hydrogens is 495 g/mol. The van der Waals surface area contributed by atoms with Crippen molar-refractivity contribution in [2.24, 2.45) is 10.9 Å². The molecule has 0 bridgehead atoms. The van der Waals surface area contributed by atoms with Gasteiger partial charge in [-0.2, -0.15) is 0 Å². The van der Waals surface area contributed by atoms with Crippen molar-refractivity contribution in [2.45, 2.75) is 26.3 Å². The summed E-state index contributed by atoms with van der Waals surface area (Å²) in [5.74, 6) is 2.34. The third kappa shape index (κ3) is 9.80. The fourth-order valence-corrected chi connectivity index (χ4v) is 3.25. The molecule has 1 fully saturated rings. The number of guanidine groups is 1. The van der Waals surface area contributed by atoms with Crippen LogP contribution in [0.25, 0.3) is 0 Å². The number of rotatable bonds is 11. The van der Waals surface area contributed by atoms with Crippen LogP contribution in [-0.4, -0.2) is 77.6 Å². The van der Waals surface area contributed by atoms with E-state index in [4.69, 9.17) is 14.2 Å². The Morgan fingerprint density at radius 3 is 2.43 bits per heavy atom. The topological polar surface area (TPSA) is 67.4 Å². The number of aliphatic imine (C=N–C) groups is 1. The van der Waals surface area contributed by atoms with Crippen molar-refractivity contribution < 1.29 is 14.2 Å². The molecule has 0 radical (unpaired) electrons. The summed E-state index contributed by atoms with van der Waals surface area (Å²) < 4.78 is 16.5. The van der Waals surface area contributed by atoms with E-state index >= 15 is 0 Å². The number of benzene rings is 1. The van der Waals surface area contributed by atoms with Gasteiger partial charge in [-0.1, -0.05) is 26.0 Å². The zero-order valence-corrected chi connectivity index (χ0v) is 21.2. The average molecular weight is 534 g/mol. The van der Waals surface area contributed by atoms with E-state index in [1.807, 2.05) is 12.1 Å². The molecule has 1 atom stereocenters. The summed E-state index contributed by atoms with van der Waals surface area (Å²) in [6, 6.07) is 8.55. The number of halogens is 1. The van der Waals surface area contributed by atoms with Gasteiger partial charge in [0.05, 0.1) is 33.0 Å². The first-order valence-electron chi connectivity index (χ1n) is 10.6. The molecule has 1 aromatic carbocycles. The van der Waals surface area contributed by atoms with Gasteiger partial charge >= 0.3 is 0 Å². The van der Waals surface area contributed by atoms with Crippen LogP contribution >= 0.6 is 24.0 Å². The molecule has 1 heterocycles. The summed E-state index contributed by atoms with van der Waals surface area (Å²) in [6.45, 7) is 10.8. The number of methoxy groups -OCH3 is 1. The van der Waals surface area contributed by atoms with E-state index in [0.717, 1.165) is 64.1 Å². The summed E-state index contributed by atoms with van der Waals surface area (Å²) >= 11 is 0. The average Bonchev–Trinajstić information content (AvgIpc) is 2.75. The molecular formula is C22H39IN4O3. The van der Waals surface area contributed by atoms with Gasteiger partial charge in [0, 0.05) is 39.8 Å². The van der Waals surface area contributed by atoms with E-state index < -0.39 is 0 Å². The Hall–Kier alpha value is -1.10. The molecule has 2 N–H and O–H groups in total. The predicted molar refractivity (Wildman–Crippen MR) is 133 cm³/mol. The monoisotopic (exact) mass is 534 g/mol. The number of hydrogen-bond donors (Lipinski definition) is 2. The van der Waals surface area contributed by atoms with Crippen LogP contribution < -0.4 is 15.4 Å². The minimum Gasteiger partial charge on any atom is -0.497 e. The fourth-order valence-electron chi connectivity index (χ4n) is 3.25. The summed E-state index contributed by atoms with van der Waals surface area (Å²) in [5.41, 5.74) is 1.26. The van der Waals surface area contributed by atoms with Crippen LogP contribution in [-0.2, 0) is 9.47 Å². The minimum atomic E-state index is 0. The third-order valence-corrected chi connectivity index (χ3v) is 5.05. The maximum atomic E-state index is 5.67. The summed E-state index contributed by atoms with van der Waals surface area (Å²) in [5, 5.41) is 6.81. The standard InChI is InChI=1S/C22H38N4O3.HI/c1-18(2)9-13-28-14-10-24-22(23-3)25-17-21(26-11-15-29-16-12-26)19-5-7-20(27-4)8-6-19;/h5-8,18,21H,9-17H2,1-4H3,(H2,23,24,25);1H. The normalized spacial score (nSPS) is 16.1. The van der Waals surface area contributed by atoms with Gasteiger partial charge in [-0.05, 0) is 30.0 Å². The van der Waals surface area contributed by atoms with Crippen LogP contribution in [0.4, 0.5) is 0 Å². The highest BCUT2D eigenvalue weighted by molar-refractivity contribution is 14.0. The first kappa shape index (κ1) is 26.9. The Kier molecular flexibility index (Phi) is 14.1. The minimum absolute atomic E-state index is 0. The predicted octanol–water partition coefficient (Wildman–Crippen LogP) is 2.91. The van der Waals surface area contributed by atoms with Crippen LogP contribution in [0.5, 0.6) is 5.75 Å². The van der Waals surface area contributed by atoms with E-state index in [-0.39, 0.29) is 30.0 Å². The lowest BCUT2D eigenvalue weighted by molar-refractivity contribution is 0.0170. The van der Waals surface area contributed by atoms with E-state index in [0.29, 0.717) is 12.5 Å². The Labute approximate surface area is 199 Å². The maximum absolute atomic E-state index is 5.67. The fraction of sp³-hybridized carbons (Fsp3) is 0.682. The van der Waals surface area contributed by atoms with Crippen LogP contribution in [0.3, 0.4) is 0 Å². The Morgan fingerprint density at radius 2 is 1.83 bits per heavy atom. The Bertz CT molecular complexity index is 593. The molecule has 1 aromatic rings. The van der Waals surface area contributed by atoms with Gasteiger partial charge in [-0.25, -0.2) is 0 Å². The van der Waals surface area contributed by atoms with Gasteiger partial charge < -0.3 is 24.8 Å². The molecule has 0 aromatic heterocycles. The molecule has 1 unspecified atom stereocenters. The highest BCUT2D eigenvalue weighted by atomic mass is 127. The highest BCUT2D eigenvalue weighted by Gasteiger charge is 2.23. The highest BCUT2D eigenvalue weighted by Crippen LogP contribution is 2.23. The number of nitrogens with zero attached hydrogens (tertiary/aromatic N) is 2. The lowest BCUT2D eigenvalue weighted by Crippen LogP contribution is -2.46. The lowest BCUT2D eigenvalue weighted by Gasteiger charge is -2.35. The smallest absolute Gasteiger partial charge is 0.191 e. The molecule has 172 valence electrons. The van der Waals surface area contributed by atoms with Crippen molar-refractivity contribution in [3.8, 4) is 5.75 Å². The van der Waals surface area contributed by atoms with Crippen molar-refractivity contribution in [3.05, 3.63) is 29.8 Å². The molecule has 2 rings (SSSR count). The molecule has 1 saturated heterocycles. The third-order valence-electron chi connectivity index (χ3n) is 5.05. The number of hydrogen-bond acceptors (Lipinski definition) is 5. The molecule has 0 saturated carbocycles. The first-order valence-corrected chi connectivity index (χ1v) is 10.6. The summed E-state index contributed by atoms with van der Waals surface area (Å²) in [4.78, 5) is 6.81. The van der Waals surface area contributed by atoms with Gasteiger partial charge in [0.1, 0.15) is 5.75 Å². The van der Waals surface area contributed by atoms with Crippen molar-refractivity contribution in [1.29, 1.82) is 0 Å². The second-order valence-corrected chi connectivity index (χ2v) is 7.61. The van der Waals surface area contributed by atoms with Crippen molar-refractivity contribution in [2.75, 3.05) is 66.8 Å². The largest absolute Gasteiger partial charge is 0.497 e. The maximum Gasteiger partial charge on any atom is 0.191 e. The molecule has 30 heavy (non-hydrogen) atoms. The van der Waals surface area contributed by atoms with Crippen LogP contribution in [0, 0.1) is 5.92 Å². The first-order chi connectivity index (χ1) is 14.1. The number of nitrogens with one attached hydrogen (secondary N) is 2. The van der Waals surface area contributed by atoms with Crippen molar-refractivity contribution in [1.82, 2.24) is 15.5 Å². The van der Waals surface area contributed by atoms with Crippen molar-refractivity contribution in [3.63, 3.8) is 0 Å². The molecule has 0 amide bonds. The molecule has 1 aliphatic rings. The zero-order chi connectivity index (χ0) is 20.9. The van der Waals surface area contributed by atoms with E-state index in [2.05, 4.69) is 46.5 Å². The quantitative estimate of drug-likeness (QED) is 0.197. The second-order valence-electron chi connectivity index (χ2n) is 7.61. The Balaban J connectivity index is 0.00000450. The summed E-state index contributed by atoms with van der Waals surface area (Å²) in [6.07, 6.45) is 1.09. The van der Waals surface area contributed by atoms with Crippen LogP contribution in [0.2, 0.25) is 0 Å². The van der Waals surface area contributed by atoms with E-state index in [9.17, 15) is 0 Å². The molecule has 8 heteroatoms. The number of ether oxygens (including phenoxy) is 3. The van der Waals surface area contributed by atoms with Gasteiger partial charge in [-0.15, -0.1) is 24.0 Å². The van der Waals surface area contributed by atoms with Gasteiger partial charge in [0.25, 0.3) is 0 Å². The zero-order valence-electron chi connectivity index (χ0n) is 18.9. The summed E-state index contributed by atoms with van der Waals surface area (Å²) in [7, 11) is 3.49. The molecule has 1 aliphatic heterocycles. The lowest BCUT2D eigenvalue weighted by atomic mass is 10.0. The van der Waals surface area contributed by atoms with Crippen LogP contribution in [0.15, 0.2) is 29.3 Å². The van der Waals surface area contributed by atoms with Gasteiger partial charge in [0.2, 0.25) is 0 Å². The number of morpholine rings is 1. The Morgan fingerprint density at radius 1 is 1.13 bits per heavy atom.